The Morgan fingerprint density at radius 3 is 2.41 bits per heavy atom. The largest absolute Gasteiger partial charge is 0.508 e. The first-order valence-corrected chi connectivity index (χ1v) is 10.5. The van der Waals surface area contributed by atoms with Crippen molar-refractivity contribution in [3.63, 3.8) is 0 Å². The average molecular weight is 413 g/mol. The number of thiophene rings is 1. The SMILES string of the molecule is CCOC(=O)c1sc2nc(C)nc(N3CCN(c4ccc(O)cc4)CC3)c2c1C. The zero-order valence-corrected chi connectivity index (χ0v) is 17.6. The van der Waals surface area contributed by atoms with Gasteiger partial charge in [0.2, 0.25) is 0 Å². The molecule has 0 bridgehead atoms. The van der Waals surface area contributed by atoms with E-state index in [-0.39, 0.29) is 11.7 Å². The fraction of sp³-hybridized carbons (Fsp3) is 0.381. The van der Waals surface area contributed by atoms with Crippen molar-refractivity contribution in [2.75, 3.05) is 42.6 Å². The van der Waals surface area contributed by atoms with Crippen molar-refractivity contribution < 1.29 is 14.6 Å². The summed E-state index contributed by atoms with van der Waals surface area (Å²) in [7, 11) is 0. The Morgan fingerprint density at radius 1 is 1.10 bits per heavy atom. The molecule has 8 heteroatoms. The molecule has 29 heavy (non-hydrogen) atoms. The van der Waals surface area contributed by atoms with E-state index in [1.54, 1.807) is 12.1 Å². The summed E-state index contributed by atoms with van der Waals surface area (Å²) >= 11 is 1.38. The lowest BCUT2D eigenvalue weighted by Gasteiger charge is -2.37. The molecule has 1 saturated heterocycles. The fourth-order valence-electron chi connectivity index (χ4n) is 3.68. The third kappa shape index (κ3) is 3.72. The molecule has 1 aliphatic heterocycles. The summed E-state index contributed by atoms with van der Waals surface area (Å²) in [5.41, 5.74) is 1.99. The molecule has 0 amide bonds. The maximum Gasteiger partial charge on any atom is 0.348 e. The predicted molar refractivity (Wildman–Crippen MR) is 115 cm³/mol. The number of benzene rings is 1. The molecule has 1 N–H and O–H groups in total. The fourth-order valence-corrected chi connectivity index (χ4v) is 4.80. The van der Waals surface area contributed by atoms with Crippen LogP contribution in [0.4, 0.5) is 11.5 Å². The Morgan fingerprint density at radius 2 is 1.76 bits per heavy atom. The van der Waals surface area contributed by atoms with Crippen molar-refractivity contribution in [2.24, 2.45) is 0 Å². The number of piperazine rings is 1. The molecule has 1 fully saturated rings. The van der Waals surface area contributed by atoms with Gasteiger partial charge in [0.1, 0.15) is 27.1 Å². The second kappa shape index (κ2) is 7.87. The van der Waals surface area contributed by atoms with Crippen molar-refractivity contribution in [2.45, 2.75) is 20.8 Å². The predicted octanol–water partition coefficient (Wildman–Crippen LogP) is 3.52. The van der Waals surface area contributed by atoms with E-state index in [0.717, 1.165) is 53.5 Å². The molecule has 1 aromatic carbocycles. The van der Waals surface area contributed by atoms with Crippen LogP contribution in [-0.2, 0) is 4.74 Å². The smallest absolute Gasteiger partial charge is 0.348 e. The van der Waals surface area contributed by atoms with E-state index >= 15 is 0 Å². The number of carbonyl (C=O) groups excluding carboxylic acids is 1. The van der Waals surface area contributed by atoms with E-state index in [1.807, 2.05) is 32.9 Å². The van der Waals surface area contributed by atoms with Crippen LogP contribution in [0.3, 0.4) is 0 Å². The topological polar surface area (TPSA) is 78.8 Å². The summed E-state index contributed by atoms with van der Waals surface area (Å²) < 4.78 is 5.21. The molecule has 1 aliphatic rings. The van der Waals surface area contributed by atoms with E-state index in [2.05, 4.69) is 14.8 Å². The number of anilines is 2. The molecular formula is C21H24N4O3S. The van der Waals surface area contributed by atoms with Crippen LogP contribution in [0.2, 0.25) is 0 Å². The third-order valence-electron chi connectivity index (χ3n) is 5.14. The Hall–Kier alpha value is -2.87. The quantitative estimate of drug-likeness (QED) is 0.657. The van der Waals surface area contributed by atoms with Crippen LogP contribution in [0.5, 0.6) is 5.75 Å². The number of fused-ring (bicyclic) bond motifs is 1. The maximum absolute atomic E-state index is 12.3. The van der Waals surface area contributed by atoms with E-state index < -0.39 is 0 Å². The number of carbonyl (C=O) groups is 1. The van der Waals surface area contributed by atoms with Gasteiger partial charge >= 0.3 is 5.97 Å². The van der Waals surface area contributed by atoms with Gasteiger partial charge in [-0.3, -0.25) is 0 Å². The molecule has 0 unspecified atom stereocenters. The molecule has 0 aliphatic carbocycles. The lowest BCUT2D eigenvalue weighted by Crippen LogP contribution is -2.47. The number of phenols is 1. The van der Waals surface area contributed by atoms with E-state index in [9.17, 15) is 9.90 Å². The number of hydrogen-bond acceptors (Lipinski definition) is 8. The molecule has 7 nitrogen and oxygen atoms in total. The monoisotopic (exact) mass is 412 g/mol. The van der Waals surface area contributed by atoms with Crippen molar-refractivity contribution in [1.82, 2.24) is 9.97 Å². The van der Waals surface area contributed by atoms with Crippen molar-refractivity contribution in [3.05, 3.63) is 40.5 Å². The first-order valence-electron chi connectivity index (χ1n) is 9.71. The summed E-state index contributed by atoms with van der Waals surface area (Å²) in [4.78, 5) is 27.6. The van der Waals surface area contributed by atoms with Crippen molar-refractivity contribution >= 4 is 39.0 Å². The summed E-state index contributed by atoms with van der Waals surface area (Å²) in [5, 5.41) is 10.4. The molecule has 0 atom stereocenters. The van der Waals surface area contributed by atoms with Gasteiger partial charge in [0.25, 0.3) is 0 Å². The second-order valence-corrected chi connectivity index (χ2v) is 8.04. The molecule has 2 aromatic heterocycles. The first kappa shape index (κ1) is 19.4. The number of rotatable bonds is 4. The van der Waals surface area contributed by atoms with Crippen LogP contribution in [0.25, 0.3) is 10.2 Å². The average Bonchev–Trinajstić information content (AvgIpc) is 3.05. The lowest BCUT2D eigenvalue weighted by atomic mass is 10.1. The second-order valence-electron chi connectivity index (χ2n) is 7.04. The Bertz CT molecular complexity index is 1040. The molecule has 3 heterocycles. The number of aromatic hydroxyl groups is 1. The number of hydrogen-bond donors (Lipinski definition) is 1. The van der Waals surface area contributed by atoms with Crippen LogP contribution in [0, 0.1) is 13.8 Å². The number of aryl methyl sites for hydroxylation is 2. The van der Waals surface area contributed by atoms with Crippen molar-refractivity contribution in [1.29, 1.82) is 0 Å². The van der Waals surface area contributed by atoms with Crippen LogP contribution in [-0.4, -0.2) is 53.8 Å². The number of phenolic OH excluding ortho intramolecular Hbond substituents is 1. The van der Waals surface area contributed by atoms with E-state index in [0.29, 0.717) is 17.3 Å². The zero-order valence-electron chi connectivity index (χ0n) is 16.8. The third-order valence-corrected chi connectivity index (χ3v) is 6.30. The summed E-state index contributed by atoms with van der Waals surface area (Å²) in [6.07, 6.45) is 0. The van der Waals surface area contributed by atoms with Gasteiger partial charge in [-0.15, -0.1) is 11.3 Å². The number of esters is 1. The van der Waals surface area contributed by atoms with Gasteiger partial charge in [-0.25, -0.2) is 14.8 Å². The van der Waals surface area contributed by atoms with Crippen LogP contribution < -0.4 is 9.80 Å². The minimum atomic E-state index is -0.297. The highest BCUT2D eigenvalue weighted by Gasteiger charge is 2.25. The van der Waals surface area contributed by atoms with Gasteiger partial charge < -0.3 is 19.6 Å². The van der Waals surface area contributed by atoms with E-state index in [1.165, 1.54) is 11.3 Å². The Balaban J connectivity index is 1.62. The highest BCUT2D eigenvalue weighted by atomic mass is 32.1. The van der Waals surface area contributed by atoms with Gasteiger partial charge in [-0.2, -0.15) is 0 Å². The van der Waals surface area contributed by atoms with Crippen molar-refractivity contribution in [3.8, 4) is 5.75 Å². The van der Waals surface area contributed by atoms with Gasteiger partial charge in [0.15, 0.2) is 0 Å². The highest BCUT2D eigenvalue weighted by Crippen LogP contribution is 2.36. The van der Waals surface area contributed by atoms with Gasteiger partial charge in [0, 0.05) is 31.9 Å². The van der Waals surface area contributed by atoms with Crippen LogP contribution >= 0.6 is 11.3 Å². The minimum absolute atomic E-state index is 0.275. The van der Waals surface area contributed by atoms with Crippen LogP contribution in [0.15, 0.2) is 24.3 Å². The molecule has 0 saturated carbocycles. The molecule has 0 radical (unpaired) electrons. The zero-order chi connectivity index (χ0) is 20.5. The lowest BCUT2D eigenvalue weighted by molar-refractivity contribution is 0.0531. The molecule has 4 rings (SSSR count). The Kier molecular flexibility index (Phi) is 5.27. The normalized spacial score (nSPS) is 14.4. The molecule has 0 spiro atoms. The summed E-state index contributed by atoms with van der Waals surface area (Å²) in [5.74, 6) is 1.57. The van der Waals surface area contributed by atoms with Gasteiger partial charge in [-0.05, 0) is 50.6 Å². The van der Waals surface area contributed by atoms with Gasteiger partial charge in [0.05, 0.1) is 12.0 Å². The standard InChI is InChI=1S/C21H24N4O3S/c1-4-28-21(27)18-13(2)17-19(22-14(3)23-20(17)29-18)25-11-9-24(10-12-25)15-5-7-16(26)8-6-15/h5-8,26H,4,9-12H2,1-3H3. The first-order chi connectivity index (χ1) is 14.0. The van der Waals surface area contributed by atoms with Crippen LogP contribution in [0.1, 0.15) is 28.0 Å². The number of ether oxygens (including phenoxy) is 1. The number of nitrogens with zero attached hydrogens (tertiary/aromatic N) is 4. The number of aromatic nitrogens is 2. The maximum atomic E-state index is 12.3. The van der Waals surface area contributed by atoms with E-state index in [4.69, 9.17) is 9.72 Å². The summed E-state index contributed by atoms with van der Waals surface area (Å²) in [6, 6.07) is 7.30. The summed E-state index contributed by atoms with van der Waals surface area (Å²) in [6.45, 7) is 9.32. The molecular weight excluding hydrogens is 388 g/mol. The molecule has 3 aromatic rings. The minimum Gasteiger partial charge on any atom is -0.508 e. The Labute approximate surface area is 173 Å². The molecule has 152 valence electrons. The highest BCUT2D eigenvalue weighted by molar-refractivity contribution is 7.20. The van der Waals surface area contributed by atoms with Gasteiger partial charge in [-0.1, -0.05) is 0 Å².